The number of nitrogens with zero attached hydrogens (tertiary/aromatic N) is 4. The first kappa shape index (κ1) is 36.2. The van der Waals surface area contributed by atoms with E-state index in [-0.39, 0.29) is 0 Å². The number of hydrogen-bond donors (Lipinski definition) is 0. The third-order valence-electron chi connectivity index (χ3n) is 8.97. The van der Waals surface area contributed by atoms with E-state index < -0.39 is 0 Å². The first-order valence-electron chi connectivity index (χ1n) is 18.3. The fourth-order valence-electron chi connectivity index (χ4n) is 6.24. The van der Waals surface area contributed by atoms with Gasteiger partial charge in [0.05, 0.1) is 67.8 Å². The summed E-state index contributed by atoms with van der Waals surface area (Å²) < 4.78 is 14.4. The standard InChI is InChI=1S/C42H46Br2N4O2/c1-3-5-7-9-11-13-21-49-34-23-29(24-35(28-34)50-22-14-12-10-8-6-4-2)36-27-33-26-32-16-19-38(46-32)40(43)37-18-15-30(45-37)25-31-17-20-39(47-31)41(44)42(36)48-33/h15-20,23-28H,3-14,21-22H2,1-2H3. The minimum Gasteiger partial charge on any atom is -0.493 e. The van der Waals surface area contributed by atoms with Crippen LogP contribution < -0.4 is 9.47 Å². The second-order valence-electron chi connectivity index (χ2n) is 13.1. The molecule has 260 valence electrons. The van der Waals surface area contributed by atoms with Crippen LogP contribution >= 0.6 is 31.9 Å². The lowest BCUT2D eigenvalue weighted by Crippen LogP contribution is -2.04. The Morgan fingerprint density at radius 1 is 0.520 bits per heavy atom. The van der Waals surface area contributed by atoms with Crippen LogP contribution in [0.4, 0.5) is 0 Å². The number of unbranched alkanes of at least 4 members (excludes halogenated alkanes) is 10. The van der Waals surface area contributed by atoms with E-state index in [9.17, 15) is 0 Å². The van der Waals surface area contributed by atoms with Crippen LogP contribution in [0.1, 0.15) is 96.5 Å². The van der Waals surface area contributed by atoms with Gasteiger partial charge in [-0.05, 0) is 117 Å². The van der Waals surface area contributed by atoms with Crippen molar-refractivity contribution in [1.82, 2.24) is 0 Å². The van der Waals surface area contributed by atoms with Crippen LogP contribution in [0.15, 0.2) is 125 Å². The number of fused-ring (bicyclic) bond motifs is 4. The first-order valence-corrected chi connectivity index (χ1v) is 19.8. The van der Waals surface area contributed by atoms with Crippen LogP contribution in [-0.2, 0) is 0 Å². The van der Waals surface area contributed by atoms with Gasteiger partial charge in [-0.15, -0.1) is 0 Å². The van der Waals surface area contributed by atoms with Crippen LogP contribution in [0, 0.1) is 0 Å². The van der Waals surface area contributed by atoms with Gasteiger partial charge in [-0.2, -0.15) is 0 Å². The molecule has 0 aromatic heterocycles. The molecule has 0 fully saturated rings. The van der Waals surface area contributed by atoms with Crippen molar-refractivity contribution in [3.05, 3.63) is 110 Å². The smallest absolute Gasteiger partial charge is 0.123 e. The van der Waals surface area contributed by atoms with Gasteiger partial charge in [0, 0.05) is 11.6 Å². The summed E-state index contributed by atoms with van der Waals surface area (Å²) in [5.74, 6) is 1.63. The van der Waals surface area contributed by atoms with Gasteiger partial charge in [-0.1, -0.05) is 78.1 Å². The maximum Gasteiger partial charge on any atom is 0.123 e. The number of ether oxygens (including phenoxy) is 2. The summed E-state index contributed by atoms with van der Waals surface area (Å²) >= 11 is 7.64. The van der Waals surface area contributed by atoms with Crippen molar-refractivity contribution in [2.45, 2.75) is 90.9 Å². The van der Waals surface area contributed by atoms with E-state index in [2.05, 4.69) is 63.9 Å². The number of halogens is 2. The summed E-state index contributed by atoms with van der Waals surface area (Å²) in [4.78, 5) is 19.7. The van der Waals surface area contributed by atoms with Crippen LogP contribution in [0.2, 0.25) is 0 Å². The topological polar surface area (TPSA) is 67.9 Å². The fraction of sp³-hybridized carbons (Fsp3) is 0.381. The Morgan fingerprint density at radius 3 is 1.70 bits per heavy atom. The Labute approximate surface area is 314 Å². The highest BCUT2D eigenvalue weighted by Gasteiger charge is 2.25. The molecule has 0 N–H and O–H groups in total. The summed E-state index contributed by atoms with van der Waals surface area (Å²) in [5, 5.41) is 0. The second-order valence-corrected chi connectivity index (χ2v) is 14.6. The normalized spacial score (nSPS) is 17.6. The highest BCUT2D eigenvalue weighted by Crippen LogP contribution is 2.38. The van der Waals surface area contributed by atoms with Gasteiger partial charge in [0.1, 0.15) is 11.5 Å². The van der Waals surface area contributed by atoms with Crippen LogP contribution in [-0.4, -0.2) is 36.1 Å². The molecule has 0 saturated carbocycles. The maximum atomic E-state index is 6.38. The van der Waals surface area contributed by atoms with Gasteiger partial charge in [0.15, 0.2) is 0 Å². The Morgan fingerprint density at radius 2 is 1.08 bits per heavy atom. The third kappa shape index (κ3) is 9.58. The number of allylic oxidation sites excluding steroid dienone is 12. The van der Waals surface area contributed by atoms with Crippen LogP contribution in [0.25, 0.3) is 5.57 Å². The number of aliphatic imine (C=N–C) groups is 4. The minimum absolute atomic E-state index is 0.682. The molecule has 1 aromatic carbocycles. The average molecular weight is 799 g/mol. The fourth-order valence-corrected chi connectivity index (χ4v) is 7.20. The Bertz CT molecular complexity index is 1810. The van der Waals surface area contributed by atoms with E-state index >= 15 is 0 Å². The van der Waals surface area contributed by atoms with Crippen LogP contribution in [0.3, 0.4) is 0 Å². The lowest BCUT2D eigenvalue weighted by molar-refractivity contribution is 0.289. The SMILES string of the molecule is CCCCCCCCOc1cc(OCCCCCCCC)cc(C2=CC3=CC4=NC(=C(Br)C5=NC(=CC6=NC(=C(Br)C2=N3)C=C6)C=C5)C=C4)c1. The molecule has 6 rings (SSSR count). The molecule has 50 heavy (non-hydrogen) atoms. The zero-order valence-electron chi connectivity index (χ0n) is 29.2. The van der Waals surface area contributed by atoms with Crippen molar-refractivity contribution in [1.29, 1.82) is 0 Å². The predicted octanol–water partition coefficient (Wildman–Crippen LogP) is 12.0. The van der Waals surface area contributed by atoms with E-state index in [1.165, 1.54) is 64.2 Å². The third-order valence-corrected chi connectivity index (χ3v) is 10.6. The lowest BCUT2D eigenvalue weighted by Gasteiger charge is -2.14. The number of rotatable bonds is 17. The van der Waals surface area contributed by atoms with E-state index in [0.29, 0.717) is 13.2 Å². The van der Waals surface area contributed by atoms with Crippen molar-refractivity contribution in [2.75, 3.05) is 13.2 Å². The molecule has 0 spiro atoms. The summed E-state index contributed by atoms with van der Waals surface area (Å²) in [6.45, 7) is 5.87. The molecule has 0 saturated heterocycles. The zero-order valence-corrected chi connectivity index (χ0v) is 32.4. The average Bonchev–Trinajstić information content (AvgIpc) is 3.95. The van der Waals surface area contributed by atoms with Crippen molar-refractivity contribution in [3.63, 3.8) is 0 Å². The molecule has 5 heterocycles. The van der Waals surface area contributed by atoms with Gasteiger partial charge >= 0.3 is 0 Å². The first-order chi connectivity index (χ1) is 24.5. The quantitative estimate of drug-likeness (QED) is 0.147. The maximum absolute atomic E-state index is 6.38. The Hall–Kier alpha value is -3.62. The van der Waals surface area contributed by atoms with Crippen LogP contribution in [0.5, 0.6) is 11.5 Å². The Balaban J connectivity index is 1.31. The van der Waals surface area contributed by atoms with E-state index in [0.717, 1.165) is 90.1 Å². The molecular weight excluding hydrogens is 752 g/mol. The van der Waals surface area contributed by atoms with Gasteiger partial charge < -0.3 is 9.47 Å². The molecule has 5 aliphatic rings. The monoisotopic (exact) mass is 796 g/mol. The largest absolute Gasteiger partial charge is 0.493 e. The molecule has 0 atom stereocenters. The number of hydrogen-bond acceptors (Lipinski definition) is 6. The zero-order chi connectivity index (χ0) is 34.7. The minimum atomic E-state index is 0.682. The van der Waals surface area contributed by atoms with Gasteiger partial charge in [0.25, 0.3) is 0 Å². The molecule has 6 nitrogen and oxygen atoms in total. The van der Waals surface area contributed by atoms with Crippen molar-refractivity contribution in [3.8, 4) is 11.5 Å². The summed E-state index contributed by atoms with van der Waals surface area (Å²) in [6, 6.07) is 6.26. The highest BCUT2D eigenvalue weighted by molar-refractivity contribution is 9.12. The highest BCUT2D eigenvalue weighted by atomic mass is 79.9. The van der Waals surface area contributed by atoms with E-state index in [1.54, 1.807) is 0 Å². The van der Waals surface area contributed by atoms with Gasteiger partial charge in [-0.25, -0.2) is 20.0 Å². The van der Waals surface area contributed by atoms with Gasteiger partial charge in [-0.3, -0.25) is 0 Å². The predicted molar refractivity (Wildman–Crippen MR) is 217 cm³/mol. The molecule has 5 aliphatic heterocycles. The lowest BCUT2D eigenvalue weighted by atomic mass is 10.00. The summed E-state index contributed by atoms with van der Waals surface area (Å²) in [7, 11) is 0. The van der Waals surface area contributed by atoms with E-state index in [4.69, 9.17) is 29.4 Å². The van der Waals surface area contributed by atoms with E-state index in [1.807, 2.05) is 54.7 Å². The molecule has 0 aliphatic carbocycles. The molecule has 8 bridgehead atoms. The van der Waals surface area contributed by atoms with Crippen molar-refractivity contribution in [2.24, 2.45) is 20.0 Å². The molecule has 1 aromatic rings. The molecule has 0 amide bonds. The molecule has 0 radical (unpaired) electrons. The van der Waals surface area contributed by atoms with Crippen molar-refractivity contribution >= 4 is 60.3 Å². The molecule has 8 heteroatoms. The van der Waals surface area contributed by atoms with Crippen molar-refractivity contribution < 1.29 is 9.47 Å². The Kier molecular flexibility index (Phi) is 13.1. The number of benzene rings is 1. The summed E-state index contributed by atoms with van der Waals surface area (Å²) in [5.41, 5.74) is 8.50. The summed E-state index contributed by atoms with van der Waals surface area (Å²) in [6.07, 6.45) is 32.8. The van der Waals surface area contributed by atoms with Gasteiger partial charge in [0.2, 0.25) is 0 Å². The molecular formula is C42H46Br2N4O2. The second kappa shape index (κ2) is 18.0. The molecule has 0 unspecified atom stereocenters.